The maximum Gasteiger partial charge on any atom is 0.225 e. The predicted molar refractivity (Wildman–Crippen MR) is 84.6 cm³/mol. The zero-order valence-corrected chi connectivity index (χ0v) is 13.0. The molecule has 1 amide bonds. The van der Waals surface area contributed by atoms with E-state index in [2.05, 4.69) is 10.2 Å². The van der Waals surface area contributed by atoms with E-state index in [-0.39, 0.29) is 5.91 Å². The second kappa shape index (κ2) is 9.20. The lowest BCUT2D eigenvalue weighted by atomic mass is 10.2. The fourth-order valence-corrected chi connectivity index (χ4v) is 1.79. The van der Waals surface area contributed by atoms with Gasteiger partial charge in [0.05, 0.1) is 19.4 Å². The van der Waals surface area contributed by atoms with Crippen molar-refractivity contribution in [2.75, 3.05) is 51.5 Å². The average molecular weight is 295 g/mol. The number of amides is 1. The van der Waals surface area contributed by atoms with Crippen molar-refractivity contribution in [2.45, 2.75) is 13.3 Å². The van der Waals surface area contributed by atoms with E-state index in [1.165, 1.54) is 0 Å². The number of ether oxygens (including phenoxy) is 2. The second-order valence-electron chi connectivity index (χ2n) is 4.76. The van der Waals surface area contributed by atoms with Crippen molar-refractivity contribution >= 4 is 17.3 Å². The molecule has 0 aliphatic rings. The minimum atomic E-state index is -0.0543. The third-order valence-corrected chi connectivity index (χ3v) is 3.04. The van der Waals surface area contributed by atoms with E-state index in [9.17, 15) is 4.79 Å². The Morgan fingerprint density at radius 2 is 2.14 bits per heavy atom. The van der Waals surface area contributed by atoms with Crippen LogP contribution in [0.3, 0.4) is 0 Å². The molecular formula is C15H25N3O3. The zero-order chi connectivity index (χ0) is 15.7. The first-order valence-corrected chi connectivity index (χ1v) is 7.06. The molecule has 0 bridgehead atoms. The molecule has 1 rings (SSSR count). The molecule has 6 heteroatoms. The number of hydrogen-bond acceptors (Lipinski definition) is 5. The summed E-state index contributed by atoms with van der Waals surface area (Å²) in [6.07, 6.45) is 0.413. The van der Waals surface area contributed by atoms with Gasteiger partial charge in [-0.15, -0.1) is 0 Å². The van der Waals surface area contributed by atoms with Crippen LogP contribution in [-0.2, 0) is 9.53 Å². The fraction of sp³-hybridized carbons (Fsp3) is 0.533. The van der Waals surface area contributed by atoms with Gasteiger partial charge in [-0.3, -0.25) is 4.79 Å². The van der Waals surface area contributed by atoms with E-state index >= 15 is 0 Å². The summed E-state index contributed by atoms with van der Waals surface area (Å²) in [7, 11) is 3.52. The lowest BCUT2D eigenvalue weighted by Crippen LogP contribution is -2.27. The Balaban J connectivity index is 2.40. The SMILES string of the molecule is CCOCCN(C)CCC(=O)Nc1ccc(N)cc1OC. The van der Waals surface area contributed by atoms with Crippen LogP contribution in [0.5, 0.6) is 5.75 Å². The molecule has 0 aliphatic heterocycles. The number of nitrogen functional groups attached to an aromatic ring is 1. The molecule has 0 atom stereocenters. The lowest BCUT2D eigenvalue weighted by Gasteiger charge is -2.16. The topological polar surface area (TPSA) is 76.8 Å². The van der Waals surface area contributed by atoms with E-state index in [0.717, 1.165) is 6.54 Å². The van der Waals surface area contributed by atoms with E-state index in [4.69, 9.17) is 15.2 Å². The summed E-state index contributed by atoms with van der Waals surface area (Å²) in [4.78, 5) is 14.0. The molecule has 3 N–H and O–H groups in total. The minimum absolute atomic E-state index is 0.0543. The van der Waals surface area contributed by atoms with Gasteiger partial charge in [0.25, 0.3) is 0 Å². The van der Waals surface area contributed by atoms with Crippen LogP contribution in [0.25, 0.3) is 0 Å². The highest BCUT2D eigenvalue weighted by atomic mass is 16.5. The summed E-state index contributed by atoms with van der Waals surface area (Å²) >= 11 is 0. The summed E-state index contributed by atoms with van der Waals surface area (Å²) in [5, 5.41) is 2.83. The number of nitrogens with one attached hydrogen (secondary N) is 1. The van der Waals surface area contributed by atoms with E-state index in [1.54, 1.807) is 25.3 Å². The number of methoxy groups -OCH3 is 1. The van der Waals surface area contributed by atoms with Gasteiger partial charge in [0.1, 0.15) is 5.75 Å². The molecule has 0 fully saturated rings. The summed E-state index contributed by atoms with van der Waals surface area (Å²) in [5.74, 6) is 0.509. The van der Waals surface area contributed by atoms with Crippen LogP contribution in [0, 0.1) is 0 Å². The number of likely N-dealkylation sites (N-methyl/N-ethyl adjacent to an activating group) is 1. The van der Waals surface area contributed by atoms with Crippen molar-refractivity contribution in [2.24, 2.45) is 0 Å². The summed E-state index contributed by atoms with van der Waals surface area (Å²) in [6, 6.07) is 5.15. The molecule has 0 spiro atoms. The highest BCUT2D eigenvalue weighted by Crippen LogP contribution is 2.26. The first-order chi connectivity index (χ1) is 10.1. The number of rotatable bonds is 9. The largest absolute Gasteiger partial charge is 0.494 e. The molecule has 0 aliphatic carbocycles. The van der Waals surface area contributed by atoms with Crippen LogP contribution in [0.4, 0.5) is 11.4 Å². The Bertz CT molecular complexity index is 452. The number of carbonyl (C=O) groups is 1. The summed E-state index contributed by atoms with van der Waals surface area (Å²) < 4.78 is 10.5. The molecule has 118 valence electrons. The van der Waals surface area contributed by atoms with Crippen LogP contribution >= 0.6 is 0 Å². The molecular weight excluding hydrogens is 270 g/mol. The number of benzene rings is 1. The second-order valence-corrected chi connectivity index (χ2v) is 4.76. The van der Waals surface area contributed by atoms with Gasteiger partial charge in [0.2, 0.25) is 5.91 Å². The maximum absolute atomic E-state index is 11.9. The number of anilines is 2. The first-order valence-electron chi connectivity index (χ1n) is 7.06. The van der Waals surface area contributed by atoms with E-state index < -0.39 is 0 Å². The quantitative estimate of drug-likeness (QED) is 0.534. The predicted octanol–water partition coefficient (Wildman–Crippen LogP) is 1.57. The van der Waals surface area contributed by atoms with Gasteiger partial charge in [-0.25, -0.2) is 0 Å². The van der Waals surface area contributed by atoms with E-state index in [0.29, 0.717) is 43.3 Å². The van der Waals surface area contributed by atoms with Crippen LogP contribution in [-0.4, -0.2) is 51.3 Å². The molecule has 0 saturated heterocycles. The Hall–Kier alpha value is -1.79. The fourth-order valence-electron chi connectivity index (χ4n) is 1.79. The molecule has 0 heterocycles. The van der Waals surface area contributed by atoms with Gasteiger partial charge < -0.3 is 25.4 Å². The van der Waals surface area contributed by atoms with Crippen molar-refractivity contribution in [3.63, 3.8) is 0 Å². The molecule has 0 saturated carbocycles. The van der Waals surface area contributed by atoms with Crippen LogP contribution in [0.15, 0.2) is 18.2 Å². The van der Waals surface area contributed by atoms with Gasteiger partial charge in [-0.05, 0) is 26.1 Å². The Morgan fingerprint density at radius 3 is 2.81 bits per heavy atom. The van der Waals surface area contributed by atoms with Crippen molar-refractivity contribution in [1.82, 2.24) is 4.90 Å². The Labute approximate surface area is 126 Å². The molecule has 0 unspecified atom stereocenters. The van der Waals surface area contributed by atoms with Gasteiger partial charge in [0, 0.05) is 37.9 Å². The Kier molecular flexibility index (Phi) is 7.56. The zero-order valence-electron chi connectivity index (χ0n) is 13.0. The Morgan fingerprint density at radius 1 is 1.38 bits per heavy atom. The monoisotopic (exact) mass is 295 g/mol. The maximum atomic E-state index is 11.9. The molecule has 0 radical (unpaired) electrons. The molecule has 6 nitrogen and oxygen atoms in total. The number of nitrogens with two attached hydrogens (primary N) is 1. The summed E-state index contributed by atoms with van der Waals surface area (Å²) in [6.45, 7) is 4.85. The normalized spacial score (nSPS) is 10.7. The molecule has 1 aromatic rings. The highest BCUT2D eigenvalue weighted by molar-refractivity contribution is 5.92. The number of hydrogen-bond donors (Lipinski definition) is 2. The number of carbonyl (C=O) groups excluding carboxylic acids is 1. The van der Waals surface area contributed by atoms with Gasteiger partial charge in [-0.2, -0.15) is 0 Å². The van der Waals surface area contributed by atoms with Crippen LogP contribution < -0.4 is 15.8 Å². The van der Waals surface area contributed by atoms with Crippen molar-refractivity contribution in [1.29, 1.82) is 0 Å². The van der Waals surface area contributed by atoms with Gasteiger partial charge in [-0.1, -0.05) is 0 Å². The average Bonchev–Trinajstić information content (AvgIpc) is 2.47. The molecule has 0 aromatic heterocycles. The van der Waals surface area contributed by atoms with Crippen LogP contribution in [0.1, 0.15) is 13.3 Å². The van der Waals surface area contributed by atoms with Crippen molar-refractivity contribution in [3.8, 4) is 5.75 Å². The van der Waals surface area contributed by atoms with Gasteiger partial charge >= 0.3 is 0 Å². The standard InChI is InChI=1S/C15H25N3O3/c1-4-21-10-9-18(2)8-7-15(19)17-13-6-5-12(16)11-14(13)20-3/h5-6,11H,4,7-10,16H2,1-3H3,(H,17,19). The minimum Gasteiger partial charge on any atom is -0.494 e. The third kappa shape index (κ3) is 6.46. The number of nitrogens with zero attached hydrogens (tertiary/aromatic N) is 1. The molecule has 1 aromatic carbocycles. The highest BCUT2D eigenvalue weighted by Gasteiger charge is 2.09. The van der Waals surface area contributed by atoms with Crippen LogP contribution in [0.2, 0.25) is 0 Å². The summed E-state index contributed by atoms with van der Waals surface area (Å²) in [5.41, 5.74) is 6.91. The molecule has 21 heavy (non-hydrogen) atoms. The third-order valence-electron chi connectivity index (χ3n) is 3.04. The van der Waals surface area contributed by atoms with Crippen molar-refractivity contribution < 1.29 is 14.3 Å². The van der Waals surface area contributed by atoms with Gasteiger partial charge in [0.15, 0.2) is 0 Å². The first kappa shape index (κ1) is 17.3. The lowest BCUT2D eigenvalue weighted by molar-refractivity contribution is -0.116. The van der Waals surface area contributed by atoms with Crippen molar-refractivity contribution in [3.05, 3.63) is 18.2 Å². The van der Waals surface area contributed by atoms with E-state index in [1.807, 2.05) is 14.0 Å². The smallest absolute Gasteiger partial charge is 0.225 e.